The van der Waals surface area contributed by atoms with Crippen LogP contribution in [0.25, 0.3) is 17.1 Å². The Morgan fingerprint density at radius 1 is 1.10 bits per heavy atom. The van der Waals surface area contributed by atoms with Gasteiger partial charge in [0.1, 0.15) is 11.8 Å². The number of imidazole rings is 1. The van der Waals surface area contributed by atoms with Crippen LogP contribution in [0.3, 0.4) is 0 Å². The molecule has 0 saturated carbocycles. The number of fused-ring (bicyclic) bond motifs is 1. The first-order valence-electron chi connectivity index (χ1n) is 6.61. The van der Waals surface area contributed by atoms with E-state index in [4.69, 9.17) is 0 Å². The highest BCUT2D eigenvalue weighted by molar-refractivity contribution is 5.83. The van der Waals surface area contributed by atoms with Gasteiger partial charge in [-0.25, -0.2) is 4.98 Å². The lowest BCUT2D eigenvalue weighted by molar-refractivity contribution is 0.573. The van der Waals surface area contributed by atoms with Crippen molar-refractivity contribution in [3.05, 3.63) is 12.7 Å². The maximum atomic E-state index is 4.60. The zero-order valence-electron chi connectivity index (χ0n) is 10.8. The van der Waals surface area contributed by atoms with Gasteiger partial charge in [-0.15, -0.1) is 5.10 Å². The van der Waals surface area contributed by atoms with Gasteiger partial charge in [0.05, 0.1) is 6.33 Å². The molecule has 102 valence electrons. The molecule has 0 radical (unpaired) electrons. The molecule has 0 aromatic carbocycles. The van der Waals surface area contributed by atoms with Gasteiger partial charge in [-0.05, 0) is 29.7 Å². The van der Waals surface area contributed by atoms with Gasteiger partial charge in [0.2, 0.25) is 0 Å². The molecule has 0 unspecified atom stereocenters. The van der Waals surface area contributed by atoms with Crippen LogP contribution >= 0.6 is 0 Å². The van der Waals surface area contributed by atoms with E-state index in [2.05, 4.69) is 40.4 Å². The van der Waals surface area contributed by atoms with Crippen molar-refractivity contribution in [2.24, 2.45) is 0 Å². The molecule has 0 spiro atoms. The summed E-state index contributed by atoms with van der Waals surface area (Å²) >= 11 is 0. The van der Waals surface area contributed by atoms with Crippen LogP contribution in [0.1, 0.15) is 19.3 Å². The molecule has 0 bridgehead atoms. The van der Waals surface area contributed by atoms with Crippen LogP contribution in [-0.4, -0.2) is 53.2 Å². The Bertz CT molecular complexity index is 711. The standard InChI is InChI=1S/C11H13N9/c1-2-4-19(5-3-1)10-8-9(13-6-12-8)15-11(16-10)20-7-14-17-18-20/h6-7H,1-5H2,(H,12,13,15,16). The third-order valence-corrected chi connectivity index (χ3v) is 3.46. The van der Waals surface area contributed by atoms with Crippen molar-refractivity contribution in [2.75, 3.05) is 18.0 Å². The van der Waals surface area contributed by atoms with Gasteiger partial charge in [-0.1, -0.05) is 0 Å². The third-order valence-electron chi connectivity index (χ3n) is 3.46. The summed E-state index contributed by atoms with van der Waals surface area (Å²) in [6, 6.07) is 0. The molecule has 9 nitrogen and oxygen atoms in total. The van der Waals surface area contributed by atoms with E-state index in [0.29, 0.717) is 11.6 Å². The van der Waals surface area contributed by atoms with E-state index in [9.17, 15) is 0 Å². The second-order valence-corrected chi connectivity index (χ2v) is 4.75. The van der Waals surface area contributed by atoms with E-state index in [0.717, 1.165) is 24.4 Å². The fraction of sp³-hybridized carbons (Fsp3) is 0.455. The monoisotopic (exact) mass is 271 g/mol. The van der Waals surface area contributed by atoms with Gasteiger partial charge in [0.25, 0.3) is 5.95 Å². The van der Waals surface area contributed by atoms with Crippen LogP contribution in [0, 0.1) is 0 Å². The van der Waals surface area contributed by atoms with Gasteiger partial charge in [-0.2, -0.15) is 14.6 Å². The van der Waals surface area contributed by atoms with E-state index >= 15 is 0 Å². The second-order valence-electron chi connectivity index (χ2n) is 4.75. The highest BCUT2D eigenvalue weighted by atomic mass is 15.6. The predicted molar refractivity (Wildman–Crippen MR) is 70.5 cm³/mol. The summed E-state index contributed by atoms with van der Waals surface area (Å²) in [5.74, 6) is 1.31. The average molecular weight is 271 g/mol. The number of aromatic nitrogens is 8. The molecular weight excluding hydrogens is 258 g/mol. The lowest BCUT2D eigenvalue weighted by atomic mass is 10.1. The quantitative estimate of drug-likeness (QED) is 0.716. The third kappa shape index (κ3) is 1.78. The van der Waals surface area contributed by atoms with E-state index in [1.807, 2.05) is 0 Å². The van der Waals surface area contributed by atoms with Gasteiger partial charge >= 0.3 is 0 Å². The minimum Gasteiger partial charge on any atom is -0.355 e. The SMILES string of the molecule is c1nc2nc(-n3cnnn3)nc(N3CCCCC3)c2[nH]1. The zero-order chi connectivity index (χ0) is 13.4. The first-order chi connectivity index (χ1) is 9.92. The van der Waals surface area contributed by atoms with Crippen LogP contribution in [0.2, 0.25) is 0 Å². The number of piperidine rings is 1. The average Bonchev–Trinajstić information content (AvgIpc) is 3.18. The zero-order valence-corrected chi connectivity index (χ0v) is 10.8. The molecule has 3 aromatic rings. The molecule has 1 fully saturated rings. The summed E-state index contributed by atoms with van der Waals surface area (Å²) in [6.07, 6.45) is 6.75. The number of aromatic amines is 1. The van der Waals surface area contributed by atoms with Crippen molar-refractivity contribution in [2.45, 2.75) is 19.3 Å². The van der Waals surface area contributed by atoms with Gasteiger partial charge in [0, 0.05) is 13.1 Å². The Labute approximate surface area is 114 Å². The number of hydrogen-bond donors (Lipinski definition) is 1. The lowest BCUT2D eigenvalue weighted by Crippen LogP contribution is -2.30. The van der Waals surface area contributed by atoms with Gasteiger partial charge < -0.3 is 9.88 Å². The number of hydrogen-bond acceptors (Lipinski definition) is 7. The molecule has 20 heavy (non-hydrogen) atoms. The molecular formula is C11H13N9. The van der Waals surface area contributed by atoms with Crippen molar-refractivity contribution in [1.82, 2.24) is 40.1 Å². The fourth-order valence-electron chi connectivity index (χ4n) is 2.50. The predicted octanol–water partition coefficient (Wildman–Crippen LogP) is 0.319. The van der Waals surface area contributed by atoms with Gasteiger partial charge in [0.15, 0.2) is 11.5 Å². The van der Waals surface area contributed by atoms with Crippen molar-refractivity contribution < 1.29 is 0 Å². The number of rotatable bonds is 2. The Kier molecular flexibility index (Phi) is 2.54. The van der Waals surface area contributed by atoms with Crippen LogP contribution in [0.4, 0.5) is 5.82 Å². The maximum Gasteiger partial charge on any atom is 0.257 e. The van der Waals surface area contributed by atoms with Crippen molar-refractivity contribution >= 4 is 17.0 Å². The Morgan fingerprint density at radius 3 is 2.80 bits per heavy atom. The number of nitrogens with one attached hydrogen (secondary N) is 1. The number of anilines is 1. The number of nitrogens with zero attached hydrogens (tertiary/aromatic N) is 8. The van der Waals surface area contributed by atoms with E-state index in [1.54, 1.807) is 6.33 Å². The lowest BCUT2D eigenvalue weighted by Gasteiger charge is -2.27. The van der Waals surface area contributed by atoms with Crippen LogP contribution in [-0.2, 0) is 0 Å². The Hall–Kier alpha value is -2.58. The molecule has 3 aromatic heterocycles. The minimum absolute atomic E-state index is 0.440. The Balaban J connectivity index is 1.86. The summed E-state index contributed by atoms with van der Waals surface area (Å²) in [6.45, 7) is 2.00. The van der Waals surface area contributed by atoms with E-state index in [-0.39, 0.29) is 0 Å². The summed E-state index contributed by atoms with van der Waals surface area (Å²) in [5.41, 5.74) is 1.50. The molecule has 1 N–H and O–H groups in total. The first-order valence-corrected chi connectivity index (χ1v) is 6.61. The molecule has 9 heteroatoms. The molecule has 4 rings (SSSR count). The molecule has 0 atom stereocenters. The fourth-order valence-corrected chi connectivity index (χ4v) is 2.50. The second kappa shape index (κ2) is 4.51. The van der Waals surface area contributed by atoms with Gasteiger partial charge in [-0.3, -0.25) is 0 Å². The molecule has 1 aliphatic rings. The molecule has 0 amide bonds. The number of tetrazole rings is 1. The first kappa shape index (κ1) is 11.3. The summed E-state index contributed by atoms with van der Waals surface area (Å²) < 4.78 is 1.45. The topological polar surface area (TPSA) is 101 Å². The maximum absolute atomic E-state index is 4.60. The van der Waals surface area contributed by atoms with E-state index in [1.165, 1.54) is 30.3 Å². The van der Waals surface area contributed by atoms with Crippen LogP contribution in [0.15, 0.2) is 12.7 Å². The minimum atomic E-state index is 0.440. The summed E-state index contributed by atoms with van der Waals surface area (Å²) in [7, 11) is 0. The summed E-state index contributed by atoms with van der Waals surface area (Å²) in [4.78, 5) is 18.6. The van der Waals surface area contributed by atoms with E-state index < -0.39 is 0 Å². The van der Waals surface area contributed by atoms with Crippen molar-refractivity contribution in [3.63, 3.8) is 0 Å². The highest BCUT2D eigenvalue weighted by Gasteiger charge is 2.19. The molecule has 1 saturated heterocycles. The number of H-pyrrole nitrogens is 1. The van der Waals surface area contributed by atoms with Crippen LogP contribution < -0.4 is 4.90 Å². The normalized spacial score (nSPS) is 15.9. The molecule has 4 heterocycles. The largest absolute Gasteiger partial charge is 0.355 e. The van der Waals surface area contributed by atoms with Crippen molar-refractivity contribution in [3.8, 4) is 5.95 Å². The van der Waals surface area contributed by atoms with Crippen molar-refractivity contribution in [1.29, 1.82) is 0 Å². The molecule has 1 aliphatic heterocycles. The Morgan fingerprint density at radius 2 is 2.00 bits per heavy atom. The molecule has 0 aliphatic carbocycles. The summed E-state index contributed by atoms with van der Waals surface area (Å²) in [5, 5.41) is 11.1. The highest BCUT2D eigenvalue weighted by Crippen LogP contribution is 2.24. The smallest absolute Gasteiger partial charge is 0.257 e. The van der Waals surface area contributed by atoms with Crippen LogP contribution in [0.5, 0.6) is 0 Å².